The van der Waals surface area contributed by atoms with Crippen molar-refractivity contribution in [3.63, 3.8) is 0 Å². The van der Waals surface area contributed by atoms with Gasteiger partial charge in [-0.1, -0.05) is 18.5 Å². The van der Waals surface area contributed by atoms with Crippen molar-refractivity contribution in [2.45, 2.75) is 28.4 Å². The molecule has 2 heterocycles. The van der Waals surface area contributed by atoms with Gasteiger partial charge < -0.3 is 5.32 Å². The van der Waals surface area contributed by atoms with Gasteiger partial charge >= 0.3 is 0 Å². The lowest BCUT2D eigenvalue weighted by molar-refractivity contribution is -0.116. The van der Waals surface area contributed by atoms with E-state index < -0.39 is 10.0 Å². The van der Waals surface area contributed by atoms with Gasteiger partial charge in [-0.15, -0.1) is 11.8 Å². The van der Waals surface area contributed by atoms with Crippen molar-refractivity contribution in [1.29, 1.82) is 0 Å². The summed E-state index contributed by atoms with van der Waals surface area (Å²) in [4.78, 5) is 16.6. The second-order valence-corrected chi connectivity index (χ2v) is 8.90. The summed E-state index contributed by atoms with van der Waals surface area (Å²) >= 11 is 7.27. The van der Waals surface area contributed by atoms with Crippen molar-refractivity contribution in [3.8, 4) is 0 Å². The van der Waals surface area contributed by atoms with Crippen LogP contribution in [0, 0.1) is 0 Å². The fourth-order valence-electron chi connectivity index (χ4n) is 2.23. The number of carbonyl (C=O) groups excluding carboxylic acids is 1. The second-order valence-electron chi connectivity index (χ2n) is 5.31. The molecule has 0 bridgehead atoms. The number of sulfonamides is 1. The van der Waals surface area contributed by atoms with Crippen LogP contribution in [0.2, 0.25) is 5.02 Å². The smallest absolute Gasteiger partial charge is 0.263 e. The van der Waals surface area contributed by atoms with Crippen molar-refractivity contribution in [2.24, 2.45) is 0 Å². The van der Waals surface area contributed by atoms with Crippen molar-refractivity contribution in [3.05, 3.63) is 41.6 Å². The van der Waals surface area contributed by atoms with Crippen molar-refractivity contribution in [2.75, 3.05) is 10.0 Å². The van der Waals surface area contributed by atoms with Crippen LogP contribution in [0.4, 0.5) is 11.5 Å². The molecule has 2 N–H and O–H groups in total. The van der Waals surface area contributed by atoms with E-state index in [1.807, 2.05) is 6.92 Å². The zero-order chi connectivity index (χ0) is 17.3. The maximum Gasteiger partial charge on any atom is 0.263 e. The molecule has 24 heavy (non-hydrogen) atoms. The molecular weight excluding hydrogens is 370 g/mol. The number of halogens is 1. The van der Waals surface area contributed by atoms with Crippen LogP contribution in [0.1, 0.15) is 13.3 Å². The third kappa shape index (κ3) is 3.82. The van der Waals surface area contributed by atoms with Crippen LogP contribution in [0.25, 0.3) is 0 Å². The molecule has 0 radical (unpaired) electrons. The fraction of sp³-hybridized carbons (Fsp3) is 0.200. The van der Waals surface area contributed by atoms with Gasteiger partial charge in [-0.25, -0.2) is 13.4 Å². The molecule has 0 saturated heterocycles. The number of aromatic nitrogens is 1. The number of hydrogen-bond donors (Lipinski definition) is 2. The highest BCUT2D eigenvalue weighted by Crippen LogP contribution is 2.36. The minimum absolute atomic E-state index is 0.0495. The number of fused-ring (bicyclic) bond motifs is 1. The van der Waals surface area contributed by atoms with Gasteiger partial charge in [0.1, 0.15) is 5.82 Å². The monoisotopic (exact) mass is 383 g/mol. The standard InChI is InChI=1S/C15H14ClN3O3S2/c1-9-6-15(20)18-12-7-11(3-4-13(12)23-9)24(21,22)19-14-5-2-10(16)8-17-14/h2-5,7-9H,6H2,1H3,(H,17,19)(H,18,20)/t9-/m1/s1. The Balaban J connectivity index is 1.91. The highest BCUT2D eigenvalue weighted by Gasteiger charge is 2.22. The first-order valence-corrected chi connectivity index (χ1v) is 9.82. The average Bonchev–Trinajstić information content (AvgIpc) is 2.64. The molecule has 1 aliphatic rings. The Morgan fingerprint density at radius 2 is 2.12 bits per heavy atom. The molecule has 0 fully saturated rings. The van der Waals surface area contributed by atoms with Gasteiger partial charge in [0.15, 0.2) is 0 Å². The Morgan fingerprint density at radius 3 is 2.83 bits per heavy atom. The van der Waals surface area contributed by atoms with Crippen LogP contribution < -0.4 is 10.0 Å². The van der Waals surface area contributed by atoms with E-state index >= 15 is 0 Å². The highest BCUT2D eigenvalue weighted by molar-refractivity contribution is 8.00. The predicted molar refractivity (Wildman–Crippen MR) is 95.1 cm³/mol. The molecule has 6 nitrogen and oxygen atoms in total. The lowest BCUT2D eigenvalue weighted by Crippen LogP contribution is -2.15. The fourth-order valence-corrected chi connectivity index (χ4v) is 4.43. The summed E-state index contributed by atoms with van der Waals surface area (Å²) in [5.41, 5.74) is 0.501. The van der Waals surface area contributed by atoms with E-state index in [-0.39, 0.29) is 21.9 Å². The van der Waals surface area contributed by atoms with Crippen LogP contribution in [0.3, 0.4) is 0 Å². The van der Waals surface area contributed by atoms with Gasteiger partial charge in [0.2, 0.25) is 5.91 Å². The van der Waals surface area contributed by atoms with Gasteiger partial charge in [0.25, 0.3) is 10.0 Å². The minimum atomic E-state index is -3.82. The summed E-state index contributed by atoms with van der Waals surface area (Å²) in [6, 6.07) is 7.68. The Bertz CT molecular complexity index is 885. The Kier molecular flexibility index (Phi) is 4.71. The molecule has 0 unspecified atom stereocenters. The number of anilines is 2. The SMILES string of the molecule is C[C@@H]1CC(=O)Nc2cc(S(=O)(=O)Nc3ccc(Cl)cn3)ccc2S1. The summed E-state index contributed by atoms with van der Waals surface area (Å²) in [7, 11) is -3.82. The molecule has 0 saturated carbocycles. The van der Waals surface area contributed by atoms with Crippen LogP contribution in [-0.4, -0.2) is 24.6 Å². The summed E-state index contributed by atoms with van der Waals surface area (Å²) < 4.78 is 27.4. The van der Waals surface area contributed by atoms with E-state index in [9.17, 15) is 13.2 Å². The molecule has 1 amide bonds. The molecule has 9 heteroatoms. The maximum atomic E-state index is 12.5. The number of nitrogens with zero attached hydrogens (tertiary/aromatic N) is 1. The third-order valence-corrected chi connectivity index (χ3v) is 6.06. The van der Waals surface area contributed by atoms with E-state index in [1.54, 1.807) is 12.1 Å². The Hall–Kier alpha value is -1.77. The number of nitrogens with one attached hydrogen (secondary N) is 2. The van der Waals surface area contributed by atoms with E-state index in [0.717, 1.165) is 4.90 Å². The number of thioether (sulfide) groups is 1. The first-order valence-electron chi connectivity index (χ1n) is 7.08. The number of benzene rings is 1. The zero-order valence-corrected chi connectivity index (χ0v) is 15.0. The molecular formula is C15H14ClN3O3S2. The molecule has 0 spiro atoms. The molecule has 1 aromatic heterocycles. The quantitative estimate of drug-likeness (QED) is 0.848. The van der Waals surface area contributed by atoms with E-state index in [1.165, 1.54) is 36.2 Å². The van der Waals surface area contributed by atoms with E-state index in [0.29, 0.717) is 17.1 Å². The van der Waals surface area contributed by atoms with Gasteiger partial charge in [0.05, 0.1) is 15.6 Å². The summed E-state index contributed by atoms with van der Waals surface area (Å²) in [6.07, 6.45) is 1.74. The molecule has 3 rings (SSSR count). The lowest BCUT2D eigenvalue weighted by Gasteiger charge is -2.11. The van der Waals surface area contributed by atoms with Crippen molar-refractivity contribution < 1.29 is 13.2 Å². The lowest BCUT2D eigenvalue weighted by atomic mass is 10.3. The summed E-state index contributed by atoms with van der Waals surface area (Å²) in [6.45, 7) is 1.96. The van der Waals surface area contributed by atoms with Gasteiger partial charge in [0, 0.05) is 22.8 Å². The number of pyridine rings is 1. The second kappa shape index (κ2) is 6.62. The third-order valence-electron chi connectivity index (χ3n) is 3.30. The number of amides is 1. The molecule has 1 aromatic carbocycles. The first kappa shape index (κ1) is 17.1. The Morgan fingerprint density at radius 1 is 1.33 bits per heavy atom. The first-order chi connectivity index (χ1) is 11.3. The van der Waals surface area contributed by atoms with E-state index in [2.05, 4.69) is 15.0 Å². The van der Waals surface area contributed by atoms with E-state index in [4.69, 9.17) is 11.6 Å². The number of rotatable bonds is 3. The molecule has 1 atom stereocenters. The topological polar surface area (TPSA) is 88.2 Å². The largest absolute Gasteiger partial charge is 0.325 e. The van der Waals surface area contributed by atoms with Gasteiger partial charge in [-0.2, -0.15) is 0 Å². The zero-order valence-electron chi connectivity index (χ0n) is 12.6. The van der Waals surface area contributed by atoms with Gasteiger partial charge in [-0.3, -0.25) is 9.52 Å². The summed E-state index contributed by atoms with van der Waals surface area (Å²) in [5, 5.41) is 3.30. The highest BCUT2D eigenvalue weighted by atomic mass is 35.5. The number of hydrogen-bond acceptors (Lipinski definition) is 5. The maximum absolute atomic E-state index is 12.5. The Labute approximate surface area is 149 Å². The van der Waals surface area contributed by atoms with Crippen LogP contribution in [0.5, 0.6) is 0 Å². The molecule has 2 aromatic rings. The predicted octanol–water partition coefficient (Wildman–Crippen LogP) is 3.36. The van der Waals surface area contributed by atoms with Crippen LogP contribution in [-0.2, 0) is 14.8 Å². The summed E-state index contributed by atoms with van der Waals surface area (Å²) in [5.74, 6) is 0.0389. The van der Waals surface area contributed by atoms with Crippen molar-refractivity contribution >= 4 is 50.8 Å². The van der Waals surface area contributed by atoms with Crippen molar-refractivity contribution in [1.82, 2.24) is 4.98 Å². The molecule has 1 aliphatic heterocycles. The minimum Gasteiger partial charge on any atom is -0.325 e. The molecule has 0 aliphatic carbocycles. The number of carbonyl (C=O) groups is 1. The van der Waals surface area contributed by atoms with Crippen LogP contribution >= 0.6 is 23.4 Å². The van der Waals surface area contributed by atoms with Gasteiger partial charge in [-0.05, 0) is 30.3 Å². The molecule has 126 valence electrons. The van der Waals surface area contributed by atoms with Crippen LogP contribution in [0.15, 0.2) is 46.3 Å². The average molecular weight is 384 g/mol. The normalized spacial score (nSPS) is 17.6.